The lowest BCUT2D eigenvalue weighted by Gasteiger charge is -2.30. The molecule has 1 aliphatic heterocycles. The lowest BCUT2D eigenvalue weighted by atomic mass is 10.0. The minimum absolute atomic E-state index is 0.00617. The number of amides is 4. The number of esters is 1. The summed E-state index contributed by atoms with van der Waals surface area (Å²) in [5, 5.41) is 8.29. The Labute approximate surface area is 392 Å². The number of nitrogens with one attached hydrogen (secondary N) is 3. The molecule has 5 aromatic carbocycles. The van der Waals surface area contributed by atoms with Crippen molar-refractivity contribution in [3.63, 3.8) is 0 Å². The Hall–Kier alpha value is -7.16. The Bertz CT molecular complexity index is 2700. The molecule has 12 nitrogen and oxygen atoms in total. The van der Waals surface area contributed by atoms with Crippen molar-refractivity contribution in [2.24, 2.45) is 0 Å². The van der Waals surface area contributed by atoms with Gasteiger partial charge in [0.1, 0.15) is 33.9 Å². The first kappa shape index (κ1) is 46.8. The highest BCUT2D eigenvalue weighted by Crippen LogP contribution is 2.41. The molecule has 0 fully saturated rings. The van der Waals surface area contributed by atoms with Gasteiger partial charge in [-0.25, -0.2) is 9.59 Å². The van der Waals surface area contributed by atoms with Gasteiger partial charge >= 0.3 is 12.1 Å². The molecule has 3 N–H and O–H groups in total. The van der Waals surface area contributed by atoms with Gasteiger partial charge in [0.15, 0.2) is 0 Å². The van der Waals surface area contributed by atoms with Crippen LogP contribution < -0.4 is 20.7 Å². The zero-order valence-corrected chi connectivity index (χ0v) is 38.6. The Morgan fingerprint density at radius 3 is 2.18 bits per heavy atom. The second-order valence-corrected chi connectivity index (χ2v) is 18.5. The predicted molar refractivity (Wildman–Crippen MR) is 258 cm³/mol. The molecule has 0 radical (unpaired) electrons. The van der Waals surface area contributed by atoms with E-state index in [1.165, 1.54) is 23.1 Å². The van der Waals surface area contributed by atoms with Crippen molar-refractivity contribution < 1.29 is 38.2 Å². The van der Waals surface area contributed by atoms with E-state index in [1.54, 1.807) is 111 Å². The van der Waals surface area contributed by atoms with Crippen LogP contribution in [-0.4, -0.2) is 53.4 Å². The number of thioether (sulfide) groups is 1. The third-order valence-electron chi connectivity index (χ3n) is 10.1. The number of rotatable bonds is 15. The van der Waals surface area contributed by atoms with Crippen molar-refractivity contribution in [2.75, 3.05) is 23.8 Å². The van der Waals surface area contributed by atoms with E-state index in [0.29, 0.717) is 57.6 Å². The van der Waals surface area contributed by atoms with Crippen LogP contribution in [0.1, 0.15) is 80.8 Å². The first-order valence-electron chi connectivity index (χ1n) is 21.4. The predicted octanol–water partition coefficient (Wildman–Crippen LogP) is 10.7. The molecule has 2 heterocycles. The molecular formula is C52H50N4O8S2. The van der Waals surface area contributed by atoms with Crippen molar-refractivity contribution >= 4 is 69.6 Å². The summed E-state index contributed by atoms with van der Waals surface area (Å²) in [6, 6.07) is 41.9. The van der Waals surface area contributed by atoms with Crippen LogP contribution in [0.2, 0.25) is 0 Å². The van der Waals surface area contributed by atoms with E-state index in [2.05, 4.69) is 16.0 Å². The van der Waals surface area contributed by atoms with Crippen molar-refractivity contribution in [1.29, 1.82) is 0 Å². The molecular weight excluding hydrogens is 873 g/mol. The average Bonchev–Trinajstić information content (AvgIpc) is 3.68. The van der Waals surface area contributed by atoms with Crippen LogP contribution in [0.15, 0.2) is 150 Å². The number of carbonyl (C=O) groups excluding carboxylic acids is 5. The third kappa shape index (κ3) is 12.5. The fourth-order valence-electron chi connectivity index (χ4n) is 6.96. The van der Waals surface area contributed by atoms with Gasteiger partial charge in [0.25, 0.3) is 11.8 Å². The van der Waals surface area contributed by atoms with Gasteiger partial charge in [0.2, 0.25) is 5.91 Å². The highest BCUT2D eigenvalue weighted by Gasteiger charge is 2.34. The number of carbonyl (C=O) groups is 5. The molecule has 1 unspecified atom stereocenters. The number of nitrogens with zero attached hydrogens (tertiary/aromatic N) is 1. The van der Waals surface area contributed by atoms with Crippen LogP contribution >= 0.6 is 23.1 Å². The molecule has 7 rings (SSSR count). The van der Waals surface area contributed by atoms with Crippen molar-refractivity contribution in [3.8, 4) is 5.75 Å². The number of benzene rings is 5. The summed E-state index contributed by atoms with van der Waals surface area (Å²) in [6.45, 7) is 8.23. The third-order valence-corrected chi connectivity index (χ3v) is 12.5. The summed E-state index contributed by atoms with van der Waals surface area (Å²) in [7, 11) is 0. The SMILES string of the molecule is CCOC(=O)c1c(NC(=O)C(Sc2cccc(NC(=O)/C(=C\c3ccc(OCc4ccccc4)cc3)NC(=O)c3ccccc3)c2)c2ccccc2)sc2c1CCN(C(=O)OC(C)(C)C)C2. The van der Waals surface area contributed by atoms with E-state index >= 15 is 0 Å². The molecule has 6 aromatic rings. The van der Waals surface area contributed by atoms with Gasteiger partial charge in [-0.1, -0.05) is 97.1 Å². The van der Waals surface area contributed by atoms with Crippen LogP contribution in [-0.2, 0) is 38.6 Å². The molecule has 0 bridgehead atoms. The molecule has 14 heteroatoms. The van der Waals surface area contributed by atoms with Gasteiger partial charge < -0.3 is 35.1 Å². The van der Waals surface area contributed by atoms with Crippen LogP contribution in [0.25, 0.3) is 6.08 Å². The Morgan fingerprint density at radius 2 is 1.50 bits per heavy atom. The molecule has 66 heavy (non-hydrogen) atoms. The molecule has 1 aliphatic rings. The van der Waals surface area contributed by atoms with Crippen LogP contribution in [0, 0.1) is 0 Å². The van der Waals surface area contributed by atoms with Crippen LogP contribution in [0.4, 0.5) is 15.5 Å². The number of thiophene rings is 1. The maximum Gasteiger partial charge on any atom is 0.410 e. The van der Waals surface area contributed by atoms with Crippen LogP contribution in [0.5, 0.6) is 5.75 Å². The molecule has 338 valence electrons. The maximum absolute atomic E-state index is 14.5. The first-order chi connectivity index (χ1) is 31.8. The monoisotopic (exact) mass is 922 g/mol. The summed E-state index contributed by atoms with van der Waals surface area (Å²) >= 11 is 2.50. The minimum Gasteiger partial charge on any atom is -0.489 e. The van der Waals surface area contributed by atoms with Crippen molar-refractivity contribution in [1.82, 2.24) is 10.2 Å². The number of ether oxygens (including phenoxy) is 3. The number of hydrogen-bond acceptors (Lipinski definition) is 10. The van der Waals surface area contributed by atoms with Gasteiger partial charge in [-0.3, -0.25) is 14.4 Å². The Kier molecular flexibility index (Phi) is 15.4. The van der Waals surface area contributed by atoms with Gasteiger partial charge in [0.05, 0.1) is 18.7 Å². The minimum atomic E-state index is -0.801. The average molecular weight is 923 g/mol. The number of fused-ring (bicyclic) bond motifs is 1. The van der Waals surface area contributed by atoms with Crippen molar-refractivity contribution in [3.05, 3.63) is 183 Å². The molecule has 4 amide bonds. The highest BCUT2D eigenvalue weighted by atomic mass is 32.2. The summed E-state index contributed by atoms with van der Waals surface area (Å²) in [5.74, 6) is -1.33. The molecule has 0 saturated heterocycles. The number of hydrogen-bond donors (Lipinski definition) is 3. The summed E-state index contributed by atoms with van der Waals surface area (Å²) in [5.41, 5.74) is 3.54. The van der Waals surface area contributed by atoms with Crippen LogP contribution in [0.3, 0.4) is 0 Å². The maximum atomic E-state index is 14.5. The molecule has 0 aliphatic carbocycles. The molecule has 1 aromatic heterocycles. The fourth-order valence-corrected chi connectivity index (χ4v) is 9.30. The zero-order valence-electron chi connectivity index (χ0n) is 37.0. The summed E-state index contributed by atoms with van der Waals surface area (Å²) in [6.07, 6.45) is 1.52. The Balaban J connectivity index is 1.11. The van der Waals surface area contributed by atoms with Gasteiger partial charge in [-0.2, -0.15) is 0 Å². The van der Waals surface area contributed by atoms with Crippen molar-refractivity contribution in [2.45, 2.75) is 63.0 Å². The quantitative estimate of drug-likeness (QED) is 0.0519. The second-order valence-electron chi connectivity index (χ2n) is 16.2. The van der Waals surface area contributed by atoms with E-state index in [0.717, 1.165) is 16.0 Å². The van der Waals surface area contributed by atoms with E-state index in [9.17, 15) is 24.0 Å². The standard InChI is InChI=1S/C52H50N4O8S2/c1-5-62-50(60)44-41-28-29-56(51(61)64-52(2,3)4)32-43(41)66-49(44)55-48(59)45(36-18-11-7-12-19-36)65-40-23-15-22-38(31-40)53-47(58)42(54-46(57)37-20-13-8-14-21-37)30-34-24-26-39(27-25-34)63-33-35-16-9-6-10-17-35/h6-27,30-31,45H,5,28-29,32-33H2,1-4H3,(H,53,58)(H,54,57)(H,55,59)/b42-30+. The van der Waals surface area contributed by atoms with E-state index in [1.807, 2.05) is 66.7 Å². The fraction of sp³-hybridized carbons (Fsp3) is 0.212. The van der Waals surface area contributed by atoms with Gasteiger partial charge in [-0.15, -0.1) is 23.1 Å². The largest absolute Gasteiger partial charge is 0.489 e. The smallest absolute Gasteiger partial charge is 0.410 e. The van der Waals surface area contributed by atoms with E-state index in [4.69, 9.17) is 14.2 Å². The number of anilines is 2. The second kappa shape index (κ2) is 21.7. The summed E-state index contributed by atoms with van der Waals surface area (Å²) < 4.78 is 17.0. The zero-order chi connectivity index (χ0) is 46.6. The lowest BCUT2D eigenvalue weighted by Crippen LogP contribution is -2.39. The van der Waals surface area contributed by atoms with Gasteiger partial charge in [0, 0.05) is 27.6 Å². The van der Waals surface area contributed by atoms with E-state index < -0.39 is 34.7 Å². The van der Waals surface area contributed by atoms with E-state index in [-0.39, 0.29) is 30.3 Å². The lowest BCUT2D eigenvalue weighted by molar-refractivity contribution is -0.116. The first-order valence-corrected chi connectivity index (χ1v) is 23.1. The molecule has 1 atom stereocenters. The highest BCUT2D eigenvalue weighted by molar-refractivity contribution is 8.00. The topological polar surface area (TPSA) is 152 Å². The Morgan fingerprint density at radius 1 is 0.818 bits per heavy atom. The van der Waals surface area contributed by atoms with Gasteiger partial charge in [-0.05, 0) is 105 Å². The summed E-state index contributed by atoms with van der Waals surface area (Å²) in [4.78, 5) is 71.4. The molecule has 0 saturated carbocycles. The molecule has 0 spiro atoms. The normalized spacial score (nSPS) is 12.8.